The molecule has 0 aromatic heterocycles. The van der Waals surface area contributed by atoms with Crippen LogP contribution in [0.15, 0.2) is 97.8 Å². The van der Waals surface area contributed by atoms with Crippen molar-refractivity contribution in [1.82, 2.24) is 0 Å². The zero-order valence-corrected chi connectivity index (χ0v) is 15.2. The third-order valence-electron chi connectivity index (χ3n) is 4.96. The molecule has 3 aromatic rings. The quantitative estimate of drug-likeness (QED) is 0.610. The molecule has 1 N–H and O–H groups in total. The number of hydrogen-bond donors (Lipinski definition) is 1. The van der Waals surface area contributed by atoms with Crippen molar-refractivity contribution in [2.24, 2.45) is 0 Å². The predicted octanol–water partition coefficient (Wildman–Crippen LogP) is 5.37. The van der Waals surface area contributed by atoms with Gasteiger partial charge in [-0.05, 0) is 42.2 Å². The second-order valence-electron chi connectivity index (χ2n) is 6.70. The second kappa shape index (κ2) is 7.19. The molecule has 0 radical (unpaired) electrons. The summed E-state index contributed by atoms with van der Waals surface area (Å²) in [5.41, 5.74) is 1.86. The van der Waals surface area contributed by atoms with Crippen LogP contribution in [-0.4, -0.2) is 5.11 Å². The normalized spacial score (nSPS) is 15.5. The summed E-state index contributed by atoms with van der Waals surface area (Å²) in [6.45, 7) is 7.57. The van der Waals surface area contributed by atoms with Crippen LogP contribution in [0.4, 0.5) is 0 Å². The molecule has 0 fully saturated rings. The summed E-state index contributed by atoms with van der Waals surface area (Å²) in [6.07, 6.45) is 1.47. The molecule has 132 valence electrons. The van der Waals surface area contributed by atoms with E-state index in [0.717, 1.165) is 22.3 Å². The van der Waals surface area contributed by atoms with Crippen molar-refractivity contribution in [2.45, 2.75) is 25.0 Å². The molecule has 26 heavy (non-hydrogen) atoms. The molecule has 0 heterocycles. The van der Waals surface area contributed by atoms with E-state index in [-0.39, 0.29) is 0 Å². The van der Waals surface area contributed by atoms with Crippen molar-refractivity contribution in [2.75, 3.05) is 0 Å². The Balaban J connectivity index is 2.09. The third kappa shape index (κ3) is 3.29. The van der Waals surface area contributed by atoms with Crippen molar-refractivity contribution < 1.29 is 9.84 Å². The largest absolute Gasteiger partial charge is 0.486 e. The van der Waals surface area contributed by atoms with Crippen LogP contribution in [-0.2, 0) is 15.9 Å². The molecule has 0 saturated heterocycles. The van der Waals surface area contributed by atoms with Crippen molar-refractivity contribution >= 4 is 0 Å². The van der Waals surface area contributed by atoms with E-state index in [9.17, 15) is 5.11 Å². The molecule has 0 aliphatic rings. The van der Waals surface area contributed by atoms with Crippen LogP contribution < -0.4 is 0 Å². The molecule has 2 atom stereocenters. The summed E-state index contributed by atoms with van der Waals surface area (Å²) in [6, 6.07) is 27.6. The van der Waals surface area contributed by atoms with Gasteiger partial charge in [-0.1, -0.05) is 85.4 Å². The van der Waals surface area contributed by atoms with Crippen molar-refractivity contribution in [3.63, 3.8) is 0 Å². The Labute approximate surface area is 155 Å². The summed E-state index contributed by atoms with van der Waals surface area (Å²) in [4.78, 5) is 0. The van der Waals surface area contributed by atoms with Gasteiger partial charge in [0.1, 0.15) is 5.60 Å². The maximum Gasteiger partial charge on any atom is 0.155 e. The van der Waals surface area contributed by atoms with Crippen molar-refractivity contribution in [1.29, 1.82) is 0 Å². The molecular formula is C24H24O2. The Morgan fingerprint density at radius 1 is 0.731 bits per heavy atom. The van der Waals surface area contributed by atoms with Crippen LogP contribution in [0.25, 0.3) is 0 Å². The molecule has 2 nitrogen and oxygen atoms in total. The van der Waals surface area contributed by atoms with Gasteiger partial charge in [0.2, 0.25) is 0 Å². The summed E-state index contributed by atoms with van der Waals surface area (Å²) in [5.74, 6) is 0. The lowest BCUT2D eigenvalue weighted by Crippen LogP contribution is -2.28. The zero-order valence-electron chi connectivity index (χ0n) is 15.2. The molecule has 0 aliphatic carbocycles. The van der Waals surface area contributed by atoms with Crippen molar-refractivity contribution in [3.8, 4) is 0 Å². The number of aliphatic hydroxyl groups is 1. The van der Waals surface area contributed by atoms with Gasteiger partial charge in [-0.2, -0.15) is 0 Å². The van der Waals surface area contributed by atoms with E-state index in [4.69, 9.17) is 4.74 Å². The Morgan fingerprint density at radius 3 is 1.81 bits per heavy atom. The maximum atomic E-state index is 11.2. The van der Waals surface area contributed by atoms with Gasteiger partial charge < -0.3 is 9.84 Å². The minimum Gasteiger partial charge on any atom is -0.486 e. The van der Waals surface area contributed by atoms with E-state index in [1.165, 1.54) is 6.26 Å². The summed E-state index contributed by atoms with van der Waals surface area (Å²) >= 11 is 0. The van der Waals surface area contributed by atoms with E-state index in [0.29, 0.717) is 0 Å². The van der Waals surface area contributed by atoms with Gasteiger partial charge in [0.25, 0.3) is 0 Å². The van der Waals surface area contributed by atoms with E-state index in [1.54, 1.807) is 0 Å². The Hall–Kier alpha value is -2.84. The third-order valence-corrected chi connectivity index (χ3v) is 4.96. The van der Waals surface area contributed by atoms with Crippen LogP contribution in [0, 0.1) is 0 Å². The highest BCUT2D eigenvalue weighted by atomic mass is 16.5. The molecule has 0 saturated carbocycles. The molecule has 2 heteroatoms. The van der Waals surface area contributed by atoms with Crippen LogP contribution >= 0.6 is 0 Å². The Kier molecular flexibility index (Phi) is 4.97. The van der Waals surface area contributed by atoms with Gasteiger partial charge >= 0.3 is 0 Å². The SMILES string of the molecule is C=COC(C)(c1ccccc1)c1cccc(C(C)(O)c2ccccc2)c1. The van der Waals surface area contributed by atoms with E-state index in [1.807, 2.05) is 98.8 Å². The van der Waals surface area contributed by atoms with Crippen LogP contribution in [0.1, 0.15) is 36.1 Å². The number of hydrogen-bond acceptors (Lipinski definition) is 2. The standard InChI is InChI=1S/C24H24O2/c1-4-26-24(3,20-14-9-6-10-15-20)22-17-11-16-21(18-22)23(2,25)19-12-7-5-8-13-19/h4-18,25H,1H2,2-3H3. The fourth-order valence-corrected chi connectivity index (χ4v) is 3.27. The van der Waals surface area contributed by atoms with Gasteiger partial charge in [0, 0.05) is 0 Å². The molecule has 0 aliphatic heterocycles. The molecule has 0 bridgehead atoms. The number of ether oxygens (including phenoxy) is 1. The van der Waals surface area contributed by atoms with Crippen LogP contribution in [0.2, 0.25) is 0 Å². The lowest BCUT2D eigenvalue weighted by molar-refractivity contribution is 0.0759. The minimum absolute atomic E-state index is 0.689. The average molecular weight is 344 g/mol. The van der Waals surface area contributed by atoms with Gasteiger partial charge in [-0.25, -0.2) is 0 Å². The highest BCUT2D eigenvalue weighted by Gasteiger charge is 2.32. The van der Waals surface area contributed by atoms with E-state index in [2.05, 4.69) is 6.58 Å². The molecule has 0 spiro atoms. The summed E-state index contributed by atoms with van der Waals surface area (Å²) < 4.78 is 5.96. The molecule has 2 unspecified atom stereocenters. The van der Waals surface area contributed by atoms with Gasteiger partial charge in [-0.3, -0.25) is 0 Å². The van der Waals surface area contributed by atoms with Crippen LogP contribution in [0.3, 0.4) is 0 Å². The number of benzene rings is 3. The fourth-order valence-electron chi connectivity index (χ4n) is 3.27. The lowest BCUT2D eigenvalue weighted by atomic mass is 9.82. The fraction of sp³-hybridized carbons (Fsp3) is 0.167. The van der Waals surface area contributed by atoms with Crippen LogP contribution in [0.5, 0.6) is 0 Å². The van der Waals surface area contributed by atoms with Gasteiger partial charge in [-0.15, -0.1) is 0 Å². The highest BCUT2D eigenvalue weighted by molar-refractivity contribution is 5.42. The zero-order chi connectivity index (χ0) is 18.6. The van der Waals surface area contributed by atoms with E-state index < -0.39 is 11.2 Å². The molecule has 0 amide bonds. The molecule has 3 rings (SSSR count). The van der Waals surface area contributed by atoms with Gasteiger partial charge in [0.15, 0.2) is 5.60 Å². The Morgan fingerprint density at radius 2 is 1.23 bits per heavy atom. The maximum absolute atomic E-state index is 11.2. The first kappa shape index (κ1) is 18.0. The van der Waals surface area contributed by atoms with Gasteiger partial charge in [0.05, 0.1) is 6.26 Å². The topological polar surface area (TPSA) is 29.5 Å². The summed E-state index contributed by atoms with van der Waals surface area (Å²) in [7, 11) is 0. The smallest absolute Gasteiger partial charge is 0.155 e. The first-order valence-corrected chi connectivity index (χ1v) is 8.71. The van der Waals surface area contributed by atoms with E-state index >= 15 is 0 Å². The highest BCUT2D eigenvalue weighted by Crippen LogP contribution is 2.37. The molecular weight excluding hydrogens is 320 g/mol. The monoisotopic (exact) mass is 344 g/mol. The minimum atomic E-state index is -1.09. The lowest BCUT2D eigenvalue weighted by Gasteiger charge is -2.32. The predicted molar refractivity (Wildman–Crippen MR) is 106 cm³/mol. The van der Waals surface area contributed by atoms with Crippen molar-refractivity contribution in [3.05, 3.63) is 120 Å². The summed E-state index contributed by atoms with van der Waals surface area (Å²) in [5, 5.41) is 11.2. The first-order valence-electron chi connectivity index (χ1n) is 8.71. The first-order chi connectivity index (χ1) is 12.5. The Bertz CT molecular complexity index is 869. The second-order valence-corrected chi connectivity index (χ2v) is 6.70. The molecule has 3 aromatic carbocycles. The average Bonchev–Trinajstić information content (AvgIpc) is 2.69. The number of rotatable bonds is 6.